The van der Waals surface area contributed by atoms with Gasteiger partial charge >= 0.3 is 0 Å². The highest BCUT2D eigenvalue weighted by atomic mass is 35.5. The van der Waals surface area contributed by atoms with E-state index in [1.807, 2.05) is 13.0 Å². The van der Waals surface area contributed by atoms with Crippen molar-refractivity contribution < 1.29 is 14.3 Å². The highest BCUT2D eigenvalue weighted by Crippen LogP contribution is 2.30. The van der Waals surface area contributed by atoms with Crippen molar-refractivity contribution in [1.29, 1.82) is 0 Å². The average molecular weight is 449 g/mol. The minimum absolute atomic E-state index is 0.0239. The zero-order valence-electron chi connectivity index (χ0n) is 19.6. The molecule has 1 aromatic rings. The van der Waals surface area contributed by atoms with Crippen molar-refractivity contribution in [1.82, 2.24) is 5.32 Å². The fourth-order valence-corrected chi connectivity index (χ4v) is 3.79. The lowest BCUT2D eigenvalue weighted by Crippen LogP contribution is -2.38. The number of rotatable bonds is 12. The summed E-state index contributed by atoms with van der Waals surface area (Å²) >= 11 is 5.98. The molecule has 31 heavy (non-hydrogen) atoms. The van der Waals surface area contributed by atoms with Crippen molar-refractivity contribution in [3.8, 4) is 5.75 Å². The number of ether oxygens (including phenoxy) is 2. The largest absolute Gasteiger partial charge is 0.491 e. The van der Waals surface area contributed by atoms with Crippen LogP contribution in [0.1, 0.15) is 62.6 Å². The second kappa shape index (κ2) is 12.9. The van der Waals surface area contributed by atoms with Crippen LogP contribution in [0, 0.1) is 19.8 Å². The number of carbonyl (C=O) groups excluding carboxylic acids is 1. The number of benzene rings is 1. The van der Waals surface area contributed by atoms with E-state index >= 15 is 0 Å². The average Bonchev–Trinajstić information content (AvgIpc) is 2.74. The van der Waals surface area contributed by atoms with Gasteiger partial charge in [0, 0.05) is 30.3 Å². The summed E-state index contributed by atoms with van der Waals surface area (Å²) < 4.78 is 10.8. The van der Waals surface area contributed by atoms with Crippen LogP contribution in [0.4, 0.5) is 0 Å². The van der Waals surface area contributed by atoms with Crippen LogP contribution in [-0.4, -0.2) is 38.0 Å². The van der Waals surface area contributed by atoms with E-state index in [-0.39, 0.29) is 11.9 Å². The maximum atomic E-state index is 12.1. The van der Waals surface area contributed by atoms with Gasteiger partial charge < -0.3 is 14.8 Å². The molecule has 1 amide bonds. The van der Waals surface area contributed by atoms with E-state index in [0.29, 0.717) is 32.1 Å². The molecule has 1 aromatic carbocycles. The molecular formula is C25H37ClN2O3. The molecule has 172 valence electrons. The molecule has 2 rings (SSSR count). The van der Waals surface area contributed by atoms with Gasteiger partial charge in [0.15, 0.2) is 0 Å². The smallest absolute Gasteiger partial charge is 0.224 e. The molecule has 2 atom stereocenters. The van der Waals surface area contributed by atoms with Crippen LogP contribution >= 0.6 is 11.6 Å². The van der Waals surface area contributed by atoms with E-state index < -0.39 is 0 Å². The van der Waals surface area contributed by atoms with Crippen LogP contribution in [0.3, 0.4) is 0 Å². The Bertz CT molecular complexity index is 804. The number of nitrogens with zero attached hydrogens (tertiary/aromatic N) is 1. The Labute approximate surface area is 192 Å². The Morgan fingerprint density at radius 1 is 1.32 bits per heavy atom. The van der Waals surface area contributed by atoms with Gasteiger partial charge in [-0.2, -0.15) is 0 Å². The number of carbonyl (C=O) groups is 1. The van der Waals surface area contributed by atoms with Crippen molar-refractivity contribution in [3.05, 3.63) is 39.9 Å². The Hall–Kier alpha value is -1.85. The molecule has 6 heteroatoms. The van der Waals surface area contributed by atoms with Crippen LogP contribution < -0.4 is 10.1 Å². The molecule has 0 heterocycles. The van der Waals surface area contributed by atoms with Crippen LogP contribution in [0.25, 0.3) is 0 Å². The summed E-state index contributed by atoms with van der Waals surface area (Å²) in [6.07, 6.45) is 6.01. The fraction of sp³-hybridized carbons (Fsp3) is 0.600. The Morgan fingerprint density at radius 2 is 2.10 bits per heavy atom. The van der Waals surface area contributed by atoms with E-state index in [1.54, 1.807) is 13.2 Å². The van der Waals surface area contributed by atoms with Crippen LogP contribution in [0.2, 0.25) is 0 Å². The number of aliphatic imine (C=N–C) groups is 1. The number of hydrogen-bond acceptors (Lipinski definition) is 4. The van der Waals surface area contributed by atoms with E-state index in [9.17, 15) is 4.79 Å². The third-order valence-electron chi connectivity index (χ3n) is 5.96. The van der Waals surface area contributed by atoms with Crippen molar-refractivity contribution in [3.63, 3.8) is 0 Å². The lowest BCUT2D eigenvalue weighted by atomic mass is 9.78. The highest BCUT2D eigenvalue weighted by molar-refractivity contribution is 6.29. The summed E-state index contributed by atoms with van der Waals surface area (Å²) in [5.41, 5.74) is 4.89. The molecule has 0 bridgehead atoms. The molecule has 1 fully saturated rings. The van der Waals surface area contributed by atoms with Gasteiger partial charge in [0.05, 0.1) is 13.2 Å². The predicted molar refractivity (Wildman–Crippen MR) is 128 cm³/mol. The Morgan fingerprint density at radius 3 is 2.74 bits per heavy atom. The summed E-state index contributed by atoms with van der Waals surface area (Å²) in [7, 11) is 1.67. The maximum absolute atomic E-state index is 12.1. The first-order chi connectivity index (χ1) is 14.8. The van der Waals surface area contributed by atoms with Crippen molar-refractivity contribution in [2.75, 3.05) is 20.3 Å². The van der Waals surface area contributed by atoms with E-state index in [2.05, 4.69) is 32.2 Å². The van der Waals surface area contributed by atoms with E-state index in [1.165, 1.54) is 16.8 Å². The van der Waals surface area contributed by atoms with Crippen LogP contribution in [0.15, 0.2) is 28.2 Å². The first kappa shape index (κ1) is 25.4. The lowest BCUT2D eigenvalue weighted by Gasteiger charge is -2.31. The van der Waals surface area contributed by atoms with Gasteiger partial charge in [-0.1, -0.05) is 30.7 Å². The number of nitrogens with one attached hydrogen (secondary N) is 1. The van der Waals surface area contributed by atoms with Crippen LogP contribution in [0.5, 0.6) is 5.75 Å². The SMILES string of the molecule is CC/C(Cl)=C/CC(=O)NC(C)CC1CCC1=NCc1ccc(OCCOC)c(C)c1C. The monoisotopic (exact) mass is 448 g/mol. The second-order valence-electron chi connectivity index (χ2n) is 8.27. The molecule has 1 saturated carbocycles. The zero-order chi connectivity index (χ0) is 22.8. The summed E-state index contributed by atoms with van der Waals surface area (Å²) in [6.45, 7) is 10.1. The minimum atomic E-state index is 0.0239. The summed E-state index contributed by atoms with van der Waals surface area (Å²) in [4.78, 5) is 17.0. The molecule has 2 unspecified atom stereocenters. The molecular weight excluding hydrogens is 412 g/mol. The minimum Gasteiger partial charge on any atom is -0.491 e. The number of hydrogen-bond donors (Lipinski definition) is 1. The summed E-state index contributed by atoms with van der Waals surface area (Å²) in [6, 6.07) is 4.27. The maximum Gasteiger partial charge on any atom is 0.224 e. The van der Waals surface area contributed by atoms with E-state index in [4.69, 9.17) is 26.1 Å². The zero-order valence-corrected chi connectivity index (χ0v) is 20.3. The normalized spacial score (nSPS) is 18.6. The molecule has 5 nitrogen and oxygen atoms in total. The third kappa shape index (κ3) is 7.97. The molecule has 1 aliphatic carbocycles. The quantitative estimate of drug-likeness (QED) is 0.429. The van der Waals surface area contributed by atoms with Crippen molar-refractivity contribution in [2.24, 2.45) is 10.9 Å². The first-order valence-electron chi connectivity index (χ1n) is 11.2. The second-order valence-corrected chi connectivity index (χ2v) is 8.76. The number of amides is 1. The molecule has 0 radical (unpaired) electrons. The number of halogens is 1. The van der Waals surface area contributed by atoms with Crippen molar-refractivity contribution in [2.45, 2.75) is 72.4 Å². The van der Waals surface area contributed by atoms with Gasteiger partial charge in [0.1, 0.15) is 12.4 Å². The van der Waals surface area contributed by atoms with Crippen molar-refractivity contribution >= 4 is 23.2 Å². The highest BCUT2D eigenvalue weighted by Gasteiger charge is 2.27. The Kier molecular flexibility index (Phi) is 10.6. The van der Waals surface area contributed by atoms with Gasteiger partial charge in [0.2, 0.25) is 5.91 Å². The first-order valence-corrected chi connectivity index (χ1v) is 11.6. The molecule has 0 spiro atoms. The molecule has 0 aliphatic heterocycles. The van der Waals surface area contributed by atoms with Gasteiger partial charge in [-0.25, -0.2) is 0 Å². The standard InChI is InChI=1S/C25H37ClN2O3/c1-6-22(26)9-12-25(29)28-17(2)15-20-7-10-23(20)27-16-21-8-11-24(19(4)18(21)3)31-14-13-30-5/h8-9,11,17,20H,6-7,10,12-16H2,1-5H3,(H,28,29)/b22-9-,27-23?. The summed E-state index contributed by atoms with van der Waals surface area (Å²) in [5.74, 6) is 1.39. The number of methoxy groups -OCH3 is 1. The topological polar surface area (TPSA) is 59.9 Å². The number of allylic oxidation sites excluding steroid dienone is 1. The third-order valence-corrected chi connectivity index (χ3v) is 6.38. The van der Waals surface area contributed by atoms with Gasteiger partial charge in [-0.15, -0.1) is 0 Å². The van der Waals surface area contributed by atoms with Crippen LogP contribution in [-0.2, 0) is 16.1 Å². The molecule has 1 aliphatic rings. The fourth-order valence-electron chi connectivity index (χ4n) is 3.71. The molecule has 0 aromatic heterocycles. The van der Waals surface area contributed by atoms with Gasteiger partial charge in [-0.3, -0.25) is 9.79 Å². The lowest BCUT2D eigenvalue weighted by molar-refractivity contribution is -0.120. The molecule has 1 N–H and O–H groups in total. The van der Waals surface area contributed by atoms with E-state index in [0.717, 1.165) is 42.0 Å². The van der Waals surface area contributed by atoms with Gasteiger partial charge in [0.25, 0.3) is 0 Å². The predicted octanol–water partition coefficient (Wildman–Crippen LogP) is 5.50. The summed E-state index contributed by atoms with van der Waals surface area (Å²) in [5, 5.41) is 3.81. The van der Waals surface area contributed by atoms with Gasteiger partial charge in [-0.05, 0) is 75.1 Å². The molecule has 0 saturated heterocycles. The Balaban J connectivity index is 1.87.